The van der Waals surface area contributed by atoms with Crippen molar-refractivity contribution in [1.82, 2.24) is 0 Å². The predicted molar refractivity (Wildman–Crippen MR) is 46.4 cm³/mol. The molecule has 13 heavy (non-hydrogen) atoms. The summed E-state index contributed by atoms with van der Waals surface area (Å²) in [5.74, 6) is 2.46. The highest BCUT2D eigenvalue weighted by atomic mass is 16.7. The minimum atomic E-state index is 0.255. The molecule has 0 fully saturated rings. The van der Waals surface area contributed by atoms with Crippen LogP contribution in [0.25, 0.3) is 0 Å². The summed E-state index contributed by atoms with van der Waals surface area (Å²) in [6.45, 7) is 2.37. The van der Waals surface area contributed by atoms with Gasteiger partial charge in [-0.25, -0.2) is 0 Å². The predicted octanol–water partition coefficient (Wildman–Crippen LogP) is 1.74. The van der Waals surface area contributed by atoms with Gasteiger partial charge in [0.05, 0.1) is 0 Å². The Morgan fingerprint density at radius 1 is 1.23 bits per heavy atom. The van der Waals surface area contributed by atoms with Crippen molar-refractivity contribution in [1.29, 1.82) is 0 Å². The quantitative estimate of drug-likeness (QED) is 0.605. The van der Waals surface area contributed by atoms with Gasteiger partial charge in [0.25, 0.3) is 0 Å². The average Bonchev–Trinajstić information content (AvgIpc) is 2.65. The van der Waals surface area contributed by atoms with Crippen LogP contribution in [0.3, 0.4) is 0 Å². The van der Waals surface area contributed by atoms with E-state index in [1.54, 1.807) is 0 Å². The van der Waals surface area contributed by atoms with Crippen LogP contribution in [0.4, 0.5) is 0 Å². The molecule has 3 nitrogen and oxygen atoms in total. The molecule has 2 aliphatic heterocycles. The third kappa shape index (κ3) is 0.899. The standard InChI is InChI=1S/C10H10O3/c1-6-4-7-2-3-8-10(9(7)13-6)12-5-11-8/h2-3,6H,4-5H2,1H3. The zero-order valence-corrected chi connectivity index (χ0v) is 7.37. The molecule has 1 unspecified atom stereocenters. The van der Waals surface area contributed by atoms with E-state index in [0.29, 0.717) is 6.79 Å². The number of benzene rings is 1. The molecule has 0 spiro atoms. The summed E-state index contributed by atoms with van der Waals surface area (Å²) in [5, 5.41) is 0. The Morgan fingerprint density at radius 3 is 3.08 bits per heavy atom. The maximum Gasteiger partial charge on any atom is 0.231 e. The summed E-state index contributed by atoms with van der Waals surface area (Å²) in [6, 6.07) is 3.99. The van der Waals surface area contributed by atoms with Gasteiger partial charge >= 0.3 is 0 Å². The highest BCUT2D eigenvalue weighted by Crippen LogP contribution is 2.46. The molecule has 2 heterocycles. The van der Waals surface area contributed by atoms with Gasteiger partial charge in [-0.15, -0.1) is 0 Å². The molecule has 2 aliphatic rings. The lowest BCUT2D eigenvalue weighted by Crippen LogP contribution is -2.05. The lowest BCUT2D eigenvalue weighted by Gasteiger charge is -2.04. The average molecular weight is 178 g/mol. The van der Waals surface area contributed by atoms with Crippen LogP contribution in [-0.4, -0.2) is 12.9 Å². The first-order valence-electron chi connectivity index (χ1n) is 4.43. The van der Waals surface area contributed by atoms with Crippen LogP contribution in [0.2, 0.25) is 0 Å². The molecule has 3 heteroatoms. The first-order chi connectivity index (χ1) is 6.34. The lowest BCUT2D eigenvalue weighted by atomic mass is 10.1. The van der Waals surface area contributed by atoms with E-state index in [2.05, 4.69) is 6.92 Å². The lowest BCUT2D eigenvalue weighted by molar-refractivity contribution is 0.167. The Balaban J connectivity index is 2.16. The van der Waals surface area contributed by atoms with E-state index >= 15 is 0 Å². The van der Waals surface area contributed by atoms with Crippen molar-refractivity contribution in [2.24, 2.45) is 0 Å². The molecule has 68 valence electrons. The molecule has 1 aromatic carbocycles. The SMILES string of the molecule is CC1Cc2ccc3c(c2O1)OCO3. The van der Waals surface area contributed by atoms with Crippen molar-refractivity contribution < 1.29 is 14.2 Å². The van der Waals surface area contributed by atoms with E-state index in [-0.39, 0.29) is 6.10 Å². The minimum Gasteiger partial charge on any atom is -0.486 e. The van der Waals surface area contributed by atoms with Crippen molar-refractivity contribution in [2.45, 2.75) is 19.4 Å². The number of rotatable bonds is 0. The highest BCUT2D eigenvalue weighted by molar-refractivity contribution is 5.58. The Kier molecular flexibility index (Phi) is 1.26. The first-order valence-corrected chi connectivity index (χ1v) is 4.43. The van der Waals surface area contributed by atoms with Gasteiger partial charge in [0.15, 0.2) is 11.5 Å². The molecule has 3 rings (SSSR count). The molecule has 1 atom stereocenters. The van der Waals surface area contributed by atoms with Crippen LogP contribution in [0.15, 0.2) is 12.1 Å². The fraction of sp³-hybridized carbons (Fsp3) is 0.400. The van der Waals surface area contributed by atoms with Crippen molar-refractivity contribution in [2.75, 3.05) is 6.79 Å². The van der Waals surface area contributed by atoms with Gasteiger partial charge < -0.3 is 14.2 Å². The van der Waals surface area contributed by atoms with Crippen LogP contribution < -0.4 is 14.2 Å². The first kappa shape index (κ1) is 7.06. The number of ether oxygens (including phenoxy) is 3. The van der Waals surface area contributed by atoms with Crippen molar-refractivity contribution in [3.63, 3.8) is 0 Å². The third-order valence-electron chi connectivity index (χ3n) is 2.40. The normalized spacial score (nSPS) is 22.7. The van der Waals surface area contributed by atoms with Crippen LogP contribution in [0.5, 0.6) is 17.2 Å². The Morgan fingerprint density at radius 2 is 2.15 bits per heavy atom. The van der Waals surface area contributed by atoms with Gasteiger partial charge in [-0.3, -0.25) is 0 Å². The monoisotopic (exact) mass is 178 g/mol. The fourth-order valence-electron chi connectivity index (χ4n) is 1.83. The molecular weight excluding hydrogens is 168 g/mol. The molecule has 0 saturated heterocycles. The second-order valence-corrected chi connectivity index (χ2v) is 3.42. The molecule has 0 aromatic heterocycles. The summed E-state index contributed by atoms with van der Waals surface area (Å²) < 4.78 is 16.2. The van der Waals surface area contributed by atoms with Gasteiger partial charge in [-0.2, -0.15) is 0 Å². The molecule has 1 aromatic rings. The minimum absolute atomic E-state index is 0.255. The van der Waals surface area contributed by atoms with E-state index < -0.39 is 0 Å². The molecule has 0 amide bonds. The topological polar surface area (TPSA) is 27.7 Å². The molecule has 0 bridgehead atoms. The summed E-state index contributed by atoms with van der Waals surface area (Å²) in [5.41, 5.74) is 1.22. The van der Waals surface area contributed by atoms with Crippen LogP contribution in [-0.2, 0) is 6.42 Å². The van der Waals surface area contributed by atoms with Crippen molar-refractivity contribution in [3.8, 4) is 17.2 Å². The van der Waals surface area contributed by atoms with Gasteiger partial charge in [-0.1, -0.05) is 6.07 Å². The third-order valence-corrected chi connectivity index (χ3v) is 2.40. The van der Waals surface area contributed by atoms with E-state index in [0.717, 1.165) is 23.7 Å². The van der Waals surface area contributed by atoms with Crippen molar-refractivity contribution in [3.05, 3.63) is 17.7 Å². The Labute approximate surface area is 76.2 Å². The second kappa shape index (κ2) is 2.31. The van der Waals surface area contributed by atoms with E-state index in [4.69, 9.17) is 14.2 Å². The maximum atomic E-state index is 5.64. The summed E-state index contributed by atoms with van der Waals surface area (Å²) in [6.07, 6.45) is 1.22. The van der Waals surface area contributed by atoms with Gasteiger partial charge in [0.2, 0.25) is 12.5 Å². The highest BCUT2D eigenvalue weighted by Gasteiger charge is 2.28. The van der Waals surface area contributed by atoms with E-state index in [9.17, 15) is 0 Å². The van der Waals surface area contributed by atoms with Crippen LogP contribution >= 0.6 is 0 Å². The molecule has 0 N–H and O–H groups in total. The zero-order chi connectivity index (χ0) is 8.84. The van der Waals surface area contributed by atoms with Crippen LogP contribution in [0.1, 0.15) is 12.5 Å². The van der Waals surface area contributed by atoms with Crippen LogP contribution in [0, 0.1) is 0 Å². The zero-order valence-electron chi connectivity index (χ0n) is 7.37. The van der Waals surface area contributed by atoms with E-state index in [1.807, 2.05) is 12.1 Å². The van der Waals surface area contributed by atoms with Crippen molar-refractivity contribution >= 4 is 0 Å². The Hall–Kier alpha value is -1.38. The largest absolute Gasteiger partial charge is 0.486 e. The van der Waals surface area contributed by atoms with Gasteiger partial charge in [0.1, 0.15) is 6.10 Å². The summed E-state index contributed by atoms with van der Waals surface area (Å²) in [7, 11) is 0. The maximum absolute atomic E-state index is 5.64. The smallest absolute Gasteiger partial charge is 0.231 e. The van der Waals surface area contributed by atoms with Gasteiger partial charge in [0, 0.05) is 12.0 Å². The summed E-state index contributed by atoms with van der Waals surface area (Å²) in [4.78, 5) is 0. The molecular formula is C10H10O3. The fourth-order valence-corrected chi connectivity index (χ4v) is 1.83. The Bertz CT molecular complexity index is 359. The molecule has 0 saturated carbocycles. The van der Waals surface area contributed by atoms with Gasteiger partial charge in [-0.05, 0) is 13.0 Å². The summed E-state index contributed by atoms with van der Waals surface area (Å²) >= 11 is 0. The number of fused-ring (bicyclic) bond motifs is 3. The number of hydrogen-bond acceptors (Lipinski definition) is 3. The second-order valence-electron chi connectivity index (χ2n) is 3.42. The molecule has 0 radical (unpaired) electrons. The molecule has 0 aliphatic carbocycles. The van der Waals surface area contributed by atoms with E-state index in [1.165, 1.54) is 5.56 Å². The number of hydrogen-bond donors (Lipinski definition) is 0.